The minimum absolute atomic E-state index is 0.0142. The van der Waals surface area contributed by atoms with Crippen LogP contribution in [0.3, 0.4) is 0 Å². The second-order valence-electron chi connectivity index (χ2n) is 7.69. The second kappa shape index (κ2) is 9.77. The van der Waals surface area contributed by atoms with Crippen LogP contribution in [0.4, 0.5) is 0 Å². The zero-order valence-electron chi connectivity index (χ0n) is 18.9. The van der Waals surface area contributed by atoms with Gasteiger partial charge < -0.3 is 18.9 Å². The molecular formula is C25H26N2O6. The molecule has 0 aliphatic heterocycles. The SMILES string of the molecule is COC(=O)c1c(-c2ccc(OC)c(OC3CCCC3)c2)nn(-c2ccccc2)c1C(=O)OC. The molecule has 1 aliphatic carbocycles. The van der Waals surface area contributed by atoms with Gasteiger partial charge in [0.2, 0.25) is 0 Å². The van der Waals surface area contributed by atoms with Crippen molar-refractivity contribution in [3.05, 3.63) is 59.8 Å². The number of benzene rings is 2. The number of hydrogen-bond donors (Lipinski definition) is 0. The standard InChI is InChI=1S/C25H26N2O6/c1-30-19-14-13-16(15-20(19)33-18-11-7-8-12-18)22-21(24(28)31-2)23(25(29)32-3)27(26-22)17-9-5-4-6-10-17/h4-6,9-10,13-15,18H,7-8,11-12H2,1-3H3. The fraction of sp³-hybridized carbons (Fsp3) is 0.320. The van der Waals surface area contributed by atoms with Crippen molar-refractivity contribution in [1.82, 2.24) is 9.78 Å². The third-order valence-electron chi connectivity index (χ3n) is 5.69. The molecule has 0 saturated heterocycles. The zero-order chi connectivity index (χ0) is 23.4. The van der Waals surface area contributed by atoms with E-state index >= 15 is 0 Å². The Hall–Kier alpha value is -3.81. The highest BCUT2D eigenvalue weighted by Gasteiger charge is 2.32. The highest BCUT2D eigenvalue weighted by molar-refractivity contribution is 6.06. The van der Waals surface area contributed by atoms with E-state index in [2.05, 4.69) is 5.10 Å². The predicted molar refractivity (Wildman–Crippen MR) is 121 cm³/mol. The number of para-hydroxylation sites is 1. The summed E-state index contributed by atoms with van der Waals surface area (Å²) in [5, 5.41) is 4.64. The zero-order valence-corrected chi connectivity index (χ0v) is 18.9. The van der Waals surface area contributed by atoms with Crippen molar-refractivity contribution in [2.45, 2.75) is 31.8 Å². The molecule has 172 valence electrons. The lowest BCUT2D eigenvalue weighted by Crippen LogP contribution is -2.15. The average Bonchev–Trinajstić information content (AvgIpc) is 3.51. The van der Waals surface area contributed by atoms with Crippen LogP contribution in [0.2, 0.25) is 0 Å². The number of aromatic nitrogens is 2. The number of carbonyl (C=O) groups is 2. The number of hydrogen-bond acceptors (Lipinski definition) is 7. The average molecular weight is 450 g/mol. The molecule has 1 aromatic heterocycles. The van der Waals surface area contributed by atoms with Crippen LogP contribution in [0.1, 0.15) is 46.5 Å². The maximum absolute atomic E-state index is 12.8. The van der Waals surface area contributed by atoms with Crippen LogP contribution in [0.5, 0.6) is 11.5 Å². The molecule has 0 N–H and O–H groups in total. The molecule has 1 saturated carbocycles. The Kier molecular flexibility index (Phi) is 6.63. The highest BCUT2D eigenvalue weighted by atomic mass is 16.5. The summed E-state index contributed by atoms with van der Waals surface area (Å²) in [6, 6.07) is 14.4. The summed E-state index contributed by atoms with van der Waals surface area (Å²) in [6.07, 6.45) is 4.33. The molecule has 0 unspecified atom stereocenters. The van der Waals surface area contributed by atoms with Crippen LogP contribution < -0.4 is 9.47 Å². The Labute approximate surface area is 192 Å². The van der Waals surface area contributed by atoms with Crippen LogP contribution in [0.15, 0.2) is 48.5 Å². The van der Waals surface area contributed by atoms with Gasteiger partial charge in [-0.25, -0.2) is 14.3 Å². The summed E-state index contributed by atoms with van der Waals surface area (Å²) in [7, 11) is 4.10. The molecule has 0 bridgehead atoms. The van der Waals surface area contributed by atoms with Crippen LogP contribution in [0, 0.1) is 0 Å². The minimum atomic E-state index is -0.700. The maximum Gasteiger partial charge on any atom is 0.357 e. The highest BCUT2D eigenvalue weighted by Crippen LogP contribution is 2.37. The van der Waals surface area contributed by atoms with Crippen molar-refractivity contribution in [3.8, 4) is 28.4 Å². The van der Waals surface area contributed by atoms with Crippen molar-refractivity contribution >= 4 is 11.9 Å². The molecule has 0 atom stereocenters. The van der Waals surface area contributed by atoms with Gasteiger partial charge in [-0.3, -0.25) is 0 Å². The number of esters is 2. The molecule has 1 aliphatic rings. The number of carbonyl (C=O) groups excluding carboxylic acids is 2. The van der Waals surface area contributed by atoms with Crippen molar-refractivity contribution in [2.24, 2.45) is 0 Å². The van der Waals surface area contributed by atoms with E-state index < -0.39 is 11.9 Å². The predicted octanol–water partition coefficient (Wildman–Crippen LogP) is 4.44. The lowest BCUT2D eigenvalue weighted by atomic mass is 10.0. The van der Waals surface area contributed by atoms with E-state index in [9.17, 15) is 9.59 Å². The largest absolute Gasteiger partial charge is 0.493 e. The normalized spacial score (nSPS) is 13.5. The summed E-state index contributed by atoms with van der Waals surface area (Å²) < 4.78 is 23.1. The molecule has 2 aromatic carbocycles. The molecule has 0 radical (unpaired) electrons. The number of rotatable bonds is 7. The maximum atomic E-state index is 12.8. The first-order valence-corrected chi connectivity index (χ1v) is 10.8. The third-order valence-corrected chi connectivity index (χ3v) is 5.69. The summed E-state index contributed by atoms with van der Waals surface area (Å²) in [5.74, 6) is -0.247. The topological polar surface area (TPSA) is 88.9 Å². The monoisotopic (exact) mass is 450 g/mol. The molecule has 8 heteroatoms. The van der Waals surface area contributed by atoms with Crippen LogP contribution in [0.25, 0.3) is 16.9 Å². The lowest BCUT2D eigenvalue weighted by Gasteiger charge is -2.16. The molecule has 0 spiro atoms. The molecule has 0 amide bonds. The molecule has 4 rings (SSSR count). The Balaban J connectivity index is 1.90. The van der Waals surface area contributed by atoms with Crippen molar-refractivity contribution in [3.63, 3.8) is 0 Å². The van der Waals surface area contributed by atoms with Gasteiger partial charge in [0.1, 0.15) is 11.3 Å². The number of methoxy groups -OCH3 is 3. The van der Waals surface area contributed by atoms with Crippen LogP contribution >= 0.6 is 0 Å². The number of nitrogens with zero attached hydrogens (tertiary/aromatic N) is 2. The van der Waals surface area contributed by atoms with Gasteiger partial charge in [0.15, 0.2) is 17.2 Å². The van der Waals surface area contributed by atoms with E-state index in [0.717, 1.165) is 25.7 Å². The fourth-order valence-electron chi connectivity index (χ4n) is 4.06. The Bertz CT molecular complexity index is 1150. The molecular weight excluding hydrogens is 424 g/mol. The van der Waals surface area contributed by atoms with E-state index in [-0.39, 0.29) is 23.1 Å². The minimum Gasteiger partial charge on any atom is -0.493 e. The smallest absolute Gasteiger partial charge is 0.357 e. The van der Waals surface area contributed by atoms with Crippen molar-refractivity contribution in [2.75, 3.05) is 21.3 Å². The van der Waals surface area contributed by atoms with E-state index in [0.29, 0.717) is 22.7 Å². The van der Waals surface area contributed by atoms with Gasteiger partial charge in [0.25, 0.3) is 0 Å². The Morgan fingerprint density at radius 1 is 0.909 bits per heavy atom. The molecule has 3 aromatic rings. The van der Waals surface area contributed by atoms with Gasteiger partial charge in [-0.05, 0) is 56.0 Å². The van der Waals surface area contributed by atoms with Crippen LogP contribution in [-0.2, 0) is 9.47 Å². The molecule has 33 heavy (non-hydrogen) atoms. The van der Waals surface area contributed by atoms with Crippen molar-refractivity contribution < 1.29 is 28.5 Å². The Morgan fingerprint density at radius 3 is 2.24 bits per heavy atom. The second-order valence-corrected chi connectivity index (χ2v) is 7.69. The van der Waals surface area contributed by atoms with Crippen LogP contribution in [-0.4, -0.2) is 49.2 Å². The quantitative estimate of drug-likeness (QED) is 0.492. The fourth-order valence-corrected chi connectivity index (χ4v) is 4.06. The molecule has 8 nitrogen and oxygen atoms in total. The lowest BCUT2D eigenvalue weighted by molar-refractivity contribution is 0.0549. The van der Waals surface area contributed by atoms with E-state index in [1.54, 1.807) is 37.4 Å². The van der Waals surface area contributed by atoms with Gasteiger partial charge in [-0.1, -0.05) is 18.2 Å². The molecule has 1 fully saturated rings. The first-order chi connectivity index (χ1) is 16.1. The van der Waals surface area contributed by atoms with Gasteiger partial charge in [-0.2, -0.15) is 5.10 Å². The summed E-state index contributed by atoms with van der Waals surface area (Å²) in [6.45, 7) is 0. The van der Waals surface area contributed by atoms with E-state index in [1.165, 1.54) is 18.9 Å². The van der Waals surface area contributed by atoms with Gasteiger partial charge in [-0.15, -0.1) is 0 Å². The van der Waals surface area contributed by atoms with Gasteiger partial charge >= 0.3 is 11.9 Å². The van der Waals surface area contributed by atoms with Gasteiger partial charge in [0.05, 0.1) is 33.1 Å². The first-order valence-electron chi connectivity index (χ1n) is 10.8. The third kappa shape index (κ3) is 4.41. The Morgan fingerprint density at radius 2 is 1.61 bits per heavy atom. The van der Waals surface area contributed by atoms with E-state index in [1.807, 2.05) is 18.2 Å². The summed E-state index contributed by atoms with van der Waals surface area (Å²) in [5.41, 5.74) is 1.48. The van der Waals surface area contributed by atoms with Crippen molar-refractivity contribution in [1.29, 1.82) is 0 Å². The van der Waals surface area contributed by atoms with E-state index in [4.69, 9.17) is 18.9 Å². The summed E-state index contributed by atoms with van der Waals surface area (Å²) >= 11 is 0. The van der Waals surface area contributed by atoms with Gasteiger partial charge in [0, 0.05) is 5.56 Å². The molecule has 1 heterocycles. The first kappa shape index (κ1) is 22.4. The number of ether oxygens (including phenoxy) is 4. The summed E-state index contributed by atoms with van der Waals surface area (Å²) in [4.78, 5) is 25.6.